The lowest BCUT2D eigenvalue weighted by Crippen LogP contribution is -2.32. The average molecular weight is 816 g/mol. The molecular formula is C44H70FN5O6S. The highest BCUT2D eigenvalue weighted by atomic mass is 32.2. The Balaban J connectivity index is 1.63. The largest absolute Gasteiger partial charge is 0.392 e. The van der Waals surface area contributed by atoms with Crippen molar-refractivity contribution in [2.24, 2.45) is 0 Å². The molecule has 1 aromatic carbocycles. The fourth-order valence-electron chi connectivity index (χ4n) is 6.17. The maximum Gasteiger partial charge on any atom is 0.237 e. The second-order valence-electron chi connectivity index (χ2n) is 14.9. The molecule has 1 heterocycles. The maximum absolute atomic E-state index is 13.8. The van der Waals surface area contributed by atoms with E-state index in [0.717, 1.165) is 25.7 Å². The summed E-state index contributed by atoms with van der Waals surface area (Å²) in [6, 6.07) is 5.83. The van der Waals surface area contributed by atoms with Crippen molar-refractivity contribution in [3.05, 3.63) is 59.6 Å². The number of aliphatic hydroxyl groups excluding tert-OH is 2. The van der Waals surface area contributed by atoms with E-state index >= 15 is 0 Å². The SMILES string of the molecule is CCCCCCCC/C=C\CCCCCCCC(=O)NCCOCCNC(=O)CC(O)CC(O)/C=C/c1c(-c2ccc(F)cc2)nc(N(C)S(C)=O)nc1C(C)C. The second kappa shape index (κ2) is 29.7. The molecule has 0 spiro atoms. The van der Waals surface area contributed by atoms with Crippen LogP contribution in [0.15, 0.2) is 42.5 Å². The van der Waals surface area contributed by atoms with E-state index in [4.69, 9.17) is 4.74 Å². The number of carbonyl (C=O) groups excluding carboxylic acids is 2. The molecule has 2 rings (SSSR count). The minimum Gasteiger partial charge on any atom is -0.392 e. The molecule has 0 aliphatic heterocycles. The number of carbonyl (C=O) groups is 2. The molecule has 3 atom stereocenters. The van der Waals surface area contributed by atoms with Crippen LogP contribution in [-0.2, 0) is 25.3 Å². The first-order valence-electron chi connectivity index (χ1n) is 21.0. The van der Waals surface area contributed by atoms with Gasteiger partial charge in [0.15, 0.2) is 0 Å². The van der Waals surface area contributed by atoms with Gasteiger partial charge < -0.3 is 25.6 Å². The molecule has 0 saturated carbocycles. The van der Waals surface area contributed by atoms with Gasteiger partial charge in [-0.05, 0) is 62.3 Å². The first kappa shape index (κ1) is 49.6. The van der Waals surface area contributed by atoms with Crippen molar-refractivity contribution in [3.63, 3.8) is 0 Å². The van der Waals surface area contributed by atoms with Crippen LogP contribution < -0.4 is 14.9 Å². The van der Waals surface area contributed by atoms with E-state index in [-0.39, 0.29) is 49.7 Å². The van der Waals surface area contributed by atoms with Crippen molar-refractivity contribution >= 4 is 34.8 Å². The number of rotatable bonds is 31. The van der Waals surface area contributed by atoms with Crippen LogP contribution in [0.5, 0.6) is 0 Å². The van der Waals surface area contributed by atoms with Crippen molar-refractivity contribution < 1.29 is 33.1 Å². The first-order valence-corrected chi connectivity index (χ1v) is 22.5. The van der Waals surface area contributed by atoms with Gasteiger partial charge in [0, 0.05) is 50.4 Å². The van der Waals surface area contributed by atoms with Gasteiger partial charge in [0.05, 0.1) is 43.2 Å². The Bertz CT molecular complexity index is 1520. The minimum absolute atomic E-state index is 0.0223. The molecule has 0 bridgehead atoms. The highest BCUT2D eigenvalue weighted by Gasteiger charge is 2.21. The number of aliphatic hydroxyl groups is 2. The number of hydrogen-bond acceptors (Lipinski definition) is 8. The van der Waals surface area contributed by atoms with Crippen LogP contribution in [0, 0.1) is 5.82 Å². The zero-order chi connectivity index (χ0) is 41.8. The predicted octanol–water partition coefficient (Wildman–Crippen LogP) is 7.94. The van der Waals surface area contributed by atoms with Crippen molar-refractivity contribution in [1.29, 1.82) is 0 Å². The molecule has 2 amide bonds. The first-order chi connectivity index (χ1) is 27.4. The molecule has 13 heteroatoms. The molecule has 0 fully saturated rings. The normalized spacial score (nSPS) is 13.4. The summed E-state index contributed by atoms with van der Waals surface area (Å²) in [6.45, 7) is 7.39. The summed E-state index contributed by atoms with van der Waals surface area (Å²) in [6.07, 6.45) is 23.3. The van der Waals surface area contributed by atoms with Gasteiger partial charge in [-0.3, -0.25) is 13.9 Å². The number of ether oxygens (including phenoxy) is 1. The Hall–Kier alpha value is -3.52. The summed E-state index contributed by atoms with van der Waals surface area (Å²) in [5.41, 5.74) is 2.32. The number of hydrogen-bond donors (Lipinski definition) is 4. The number of allylic oxidation sites excluding steroid dienone is 2. The molecule has 57 heavy (non-hydrogen) atoms. The highest BCUT2D eigenvalue weighted by molar-refractivity contribution is 7.85. The van der Waals surface area contributed by atoms with E-state index in [1.54, 1.807) is 25.3 Å². The Morgan fingerprint density at radius 1 is 0.877 bits per heavy atom. The lowest BCUT2D eigenvalue weighted by Gasteiger charge is -2.20. The molecular weight excluding hydrogens is 746 g/mol. The van der Waals surface area contributed by atoms with Gasteiger partial charge in [-0.25, -0.2) is 18.6 Å². The smallest absolute Gasteiger partial charge is 0.237 e. The van der Waals surface area contributed by atoms with E-state index in [1.165, 1.54) is 86.6 Å². The zero-order valence-corrected chi connectivity index (χ0v) is 36.0. The van der Waals surface area contributed by atoms with Crippen LogP contribution in [-0.4, -0.2) is 88.0 Å². The molecule has 0 aliphatic carbocycles. The Morgan fingerprint density at radius 2 is 1.46 bits per heavy atom. The van der Waals surface area contributed by atoms with Crippen LogP contribution >= 0.6 is 0 Å². The van der Waals surface area contributed by atoms with Crippen LogP contribution in [0.3, 0.4) is 0 Å². The number of amides is 2. The molecule has 3 unspecified atom stereocenters. The van der Waals surface area contributed by atoms with E-state index in [9.17, 15) is 28.4 Å². The van der Waals surface area contributed by atoms with E-state index in [1.807, 2.05) is 13.8 Å². The number of halogens is 1. The standard InChI is InChI=1S/C44H70FN5O6S/c1-6-7-8-9-10-11-12-13-14-15-16-17-18-19-20-21-40(53)46-28-30-56-31-29-47-41(54)33-38(52)32-37(51)26-27-39-42(34(2)3)48-44(50(4)57(5)55)49-43(39)35-22-24-36(45)25-23-35/h13-14,22-27,34,37-38,51-52H,6-12,15-21,28-33H2,1-5H3,(H,46,53)(H,47,54)/b14-13-,27-26+. The monoisotopic (exact) mass is 816 g/mol. The average Bonchev–Trinajstić information content (AvgIpc) is 3.17. The van der Waals surface area contributed by atoms with Crippen LogP contribution in [0.1, 0.15) is 141 Å². The van der Waals surface area contributed by atoms with Gasteiger partial charge in [0.2, 0.25) is 17.8 Å². The number of anilines is 1. The number of nitrogens with one attached hydrogen (secondary N) is 2. The van der Waals surface area contributed by atoms with Gasteiger partial charge in [-0.15, -0.1) is 0 Å². The van der Waals surface area contributed by atoms with Crippen molar-refractivity contribution in [3.8, 4) is 11.3 Å². The minimum atomic E-state index is -1.38. The van der Waals surface area contributed by atoms with Gasteiger partial charge in [0.25, 0.3) is 0 Å². The summed E-state index contributed by atoms with van der Waals surface area (Å²) in [5.74, 6) is -0.589. The lowest BCUT2D eigenvalue weighted by atomic mass is 9.97. The Morgan fingerprint density at radius 3 is 2.05 bits per heavy atom. The topological polar surface area (TPSA) is 154 Å². The number of benzene rings is 1. The third-order valence-electron chi connectivity index (χ3n) is 9.52. The van der Waals surface area contributed by atoms with Gasteiger partial charge >= 0.3 is 0 Å². The van der Waals surface area contributed by atoms with E-state index < -0.39 is 29.0 Å². The number of unbranched alkanes of at least 4 members (excludes halogenated alkanes) is 11. The third-order valence-corrected chi connectivity index (χ3v) is 10.5. The quantitative estimate of drug-likeness (QED) is 0.0442. The molecule has 0 saturated heterocycles. The summed E-state index contributed by atoms with van der Waals surface area (Å²) >= 11 is 0. The third kappa shape index (κ3) is 21.7. The van der Waals surface area contributed by atoms with Crippen LogP contribution in [0.25, 0.3) is 17.3 Å². The lowest BCUT2D eigenvalue weighted by molar-refractivity contribution is -0.123. The van der Waals surface area contributed by atoms with Crippen LogP contribution in [0.2, 0.25) is 0 Å². The van der Waals surface area contributed by atoms with Gasteiger partial charge in [0.1, 0.15) is 16.8 Å². The van der Waals surface area contributed by atoms with Crippen molar-refractivity contribution in [2.45, 2.75) is 142 Å². The van der Waals surface area contributed by atoms with E-state index in [2.05, 4.69) is 39.7 Å². The number of aromatic nitrogens is 2. The Kier molecular flexibility index (Phi) is 25.8. The fraction of sp³-hybridized carbons (Fsp3) is 0.636. The predicted molar refractivity (Wildman–Crippen MR) is 231 cm³/mol. The second-order valence-corrected chi connectivity index (χ2v) is 16.3. The molecule has 320 valence electrons. The maximum atomic E-state index is 13.8. The Labute approximate surface area is 344 Å². The molecule has 0 aliphatic rings. The molecule has 4 N–H and O–H groups in total. The molecule has 1 aromatic heterocycles. The summed E-state index contributed by atoms with van der Waals surface area (Å²) in [7, 11) is 0.239. The molecule has 0 radical (unpaired) electrons. The van der Waals surface area contributed by atoms with Crippen molar-refractivity contribution in [2.75, 3.05) is 43.9 Å². The highest BCUT2D eigenvalue weighted by Crippen LogP contribution is 2.31. The van der Waals surface area contributed by atoms with Crippen molar-refractivity contribution in [1.82, 2.24) is 20.6 Å². The molecule has 2 aromatic rings. The van der Waals surface area contributed by atoms with Gasteiger partial charge in [-0.2, -0.15) is 0 Å². The number of nitrogens with zero attached hydrogens (tertiary/aromatic N) is 3. The molecule has 11 nitrogen and oxygen atoms in total. The van der Waals surface area contributed by atoms with Crippen LogP contribution in [0.4, 0.5) is 10.3 Å². The summed E-state index contributed by atoms with van der Waals surface area (Å²) in [5, 5.41) is 26.9. The summed E-state index contributed by atoms with van der Waals surface area (Å²) in [4.78, 5) is 33.8. The fourth-order valence-corrected chi connectivity index (χ4v) is 6.48. The van der Waals surface area contributed by atoms with E-state index in [0.29, 0.717) is 42.1 Å². The summed E-state index contributed by atoms with van der Waals surface area (Å²) < 4.78 is 32.9. The zero-order valence-electron chi connectivity index (χ0n) is 35.1. The van der Waals surface area contributed by atoms with Gasteiger partial charge in [-0.1, -0.05) is 96.4 Å².